The molecule has 7 heteroatoms. The normalized spacial score (nSPS) is 21.1. The van der Waals surface area contributed by atoms with Crippen molar-refractivity contribution in [2.75, 3.05) is 6.54 Å². The van der Waals surface area contributed by atoms with Crippen molar-refractivity contribution < 1.29 is 4.52 Å². The number of aromatic nitrogens is 5. The van der Waals surface area contributed by atoms with E-state index in [1.54, 1.807) is 0 Å². The van der Waals surface area contributed by atoms with Crippen molar-refractivity contribution in [1.29, 1.82) is 0 Å². The van der Waals surface area contributed by atoms with E-state index < -0.39 is 0 Å². The lowest BCUT2D eigenvalue weighted by molar-refractivity contribution is 0.297. The lowest BCUT2D eigenvalue weighted by atomic mass is 10.1. The highest BCUT2D eigenvalue weighted by Gasteiger charge is 2.21. The largest absolute Gasteiger partial charge is 0.337 e. The van der Waals surface area contributed by atoms with E-state index in [1.165, 1.54) is 19.2 Å². The van der Waals surface area contributed by atoms with Crippen LogP contribution in [0, 0.1) is 0 Å². The fourth-order valence-electron chi connectivity index (χ4n) is 1.85. The fourth-order valence-corrected chi connectivity index (χ4v) is 1.85. The van der Waals surface area contributed by atoms with Crippen LogP contribution in [-0.4, -0.2) is 31.9 Å². The lowest BCUT2D eigenvalue weighted by Crippen LogP contribution is -2.26. The van der Waals surface area contributed by atoms with Crippen LogP contribution in [0.4, 0.5) is 0 Å². The van der Waals surface area contributed by atoms with Gasteiger partial charge in [-0.1, -0.05) is 11.6 Å². The Morgan fingerprint density at radius 3 is 3.12 bits per heavy atom. The summed E-state index contributed by atoms with van der Waals surface area (Å²) in [5.74, 6) is 1.62. The van der Waals surface area contributed by atoms with E-state index in [1.807, 2.05) is 0 Å². The van der Waals surface area contributed by atoms with Crippen molar-refractivity contribution in [3.8, 4) is 11.6 Å². The van der Waals surface area contributed by atoms with Crippen molar-refractivity contribution in [2.45, 2.75) is 25.3 Å². The van der Waals surface area contributed by atoms with Crippen molar-refractivity contribution in [1.82, 2.24) is 30.6 Å². The van der Waals surface area contributed by atoms with Gasteiger partial charge in [-0.3, -0.25) is 5.10 Å². The second kappa shape index (κ2) is 4.01. The molecule has 2 aromatic rings. The molecule has 0 amide bonds. The number of rotatable bonds is 2. The van der Waals surface area contributed by atoms with Crippen LogP contribution in [0.3, 0.4) is 0 Å². The Balaban J connectivity index is 1.82. The summed E-state index contributed by atoms with van der Waals surface area (Å²) < 4.78 is 5.22. The number of piperidine rings is 1. The lowest BCUT2D eigenvalue weighted by Gasteiger charge is -2.19. The van der Waals surface area contributed by atoms with E-state index >= 15 is 0 Å². The standard InChI is InChI=1S/C9H12N6O/c1-2-4-10-6(3-1)9-13-8(15-16-9)7-11-5-12-14-7/h5-6,10H,1-4H2,(H,11,12,14)/t6-/m0/s1. The number of hydrogen-bond donors (Lipinski definition) is 2. The molecule has 7 nitrogen and oxygen atoms in total. The molecule has 0 radical (unpaired) electrons. The van der Waals surface area contributed by atoms with E-state index in [0.29, 0.717) is 17.5 Å². The second-order valence-electron chi connectivity index (χ2n) is 3.79. The maximum atomic E-state index is 5.22. The maximum Gasteiger partial charge on any atom is 0.244 e. The van der Waals surface area contributed by atoms with Crippen LogP contribution in [0.5, 0.6) is 0 Å². The van der Waals surface area contributed by atoms with Gasteiger partial charge in [0.1, 0.15) is 6.33 Å². The topological polar surface area (TPSA) is 92.5 Å². The predicted molar refractivity (Wildman–Crippen MR) is 54.3 cm³/mol. The zero-order valence-electron chi connectivity index (χ0n) is 8.68. The van der Waals surface area contributed by atoms with Crippen LogP contribution in [0.2, 0.25) is 0 Å². The van der Waals surface area contributed by atoms with E-state index in [9.17, 15) is 0 Å². The minimum Gasteiger partial charge on any atom is -0.337 e. The zero-order valence-corrected chi connectivity index (χ0v) is 8.68. The van der Waals surface area contributed by atoms with Gasteiger partial charge in [0.15, 0.2) is 5.82 Å². The summed E-state index contributed by atoms with van der Waals surface area (Å²) in [6.45, 7) is 1.00. The van der Waals surface area contributed by atoms with Crippen LogP contribution < -0.4 is 5.32 Å². The van der Waals surface area contributed by atoms with Crippen molar-refractivity contribution in [3.63, 3.8) is 0 Å². The molecule has 16 heavy (non-hydrogen) atoms. The van der Waals surface area contributed by atoms with Gasteiger partial charge < -0.3 is 9.84 Å². The number of hydrogen-bond acceptors (Lipinski definition) is 6. The van der Waals surface area contributed by atoms with Crippen molar-refractivity contribution in [3.05, 3.63) is 12.2 Å². The smallest absolute Gasteiger partial charge is 0.244 e. The van der Waals surface area contributed by atoms with Gasteiger partial charge in [0, 0.05) is 0 Å². The SMILES string of the molecule is c1n[nH]c(-c2noc([C@@H]3CCCCN3)n2)n1. The molecule has 0 unspecified atom stereocenters. The van der Waals surface area contributed by atoms with Gasteiger partial charge in [-0.05, 0) is 19.4 Å². The summed E-state index contributed by atoms with van der Waals surface area (Å²) in [6, 6.07) is 0.179. The number of nitrogens with zero attached hydrogens (tertiary/aromatic N) is 4. The molecule has 84 valence electrons. The number of H-pyrrole nitrogens is 1. The van der Waals surface area contributed by atoms with Crippen LogP contribution in [0.1, 0.15) is 31.2 Å². The van der Waals surface area contributed by atoms with E-state index in [2.05, 4.69) is 30.6 Å². The average Bonchev–Trinajstić information content (AvgIpc) is 3.01. The maximum absolute atomic E-state index is 5.22. The molecule has 1 atom stereocenters. The van der Waals surface area contributed by atoms with Gasteiger partial charge in [0.05, 0.1) is 6.04 Å². The van der Waals surface area contributed by atoms with Crippen LogP contribution in [0.25, 0.3) is 11.6 Å². The monoisotopic (exact) mass is 220 g/mol. The Bertz CT molecular complexity index is 444. The van der Waals surface area contributed by atoms with Gasteiger partial charge in [-0.25, -0.2) is 4.98 Å². The van der Waals surface area contributed by atoms with E-state index in [0.717, 1.165) is 13.0 Å². The molecular weight excluding hydrogens is 208 g/mol. The summed E-state index contributed by atoms with van der Waals surface area (Å²) in [7, 11) is 0. The third-order valence-corrected chi connectivity index (χ3v) is 2.68. The molecule has 0 saturated carbocycles. The van der Waals surface area contributed by atoms with Gasteiger partial charge >= 0.3 is 0 Å². The first kappa shape index (κ1) is 9.46. The highest BCUT2D eigenvalue weighted by atomic mass is 16.5. The molecule has 3 rings (SSSR count). The molecule has 2 aromatic heterocycles. The molecule has 1 saturated heterocycles. The molecular formula is C9H12N6O. The van der Waals surface area contributed by atoms with Gasteiger partial charge in [-0.2, -0.15) is 10.1 Å². The number of aromatic amines is 1. The molecule has 0 aliphatic carbocycles. The van der Waals surface area contributed by atoms with Crippen LogP contribution in [-0.2, 0) is 0 Å². The van der Waals surface area contributed by atoms with E-state index in [4.69, 9.17) is 4.52 Å². The Kier molecular flexibility index (Phi) is 2.37. The quantitative estimate of drug-likeness (QED) is 0.772. The average molecular weight is 220 g/mol. The molecule has 1 aliphatic rings. The third kappa shape index (κ3) is 1.69. The number of nitrogens with one attached hydrogen (secondary N) is 2. The Hall–Kier alpha value is -1.76. The van der Waals surface area contributed by atoms with Gasteiger partial charge in [-0.15, -0.1) is 0 Å². The first-order chi connectivity index (χ1) is 7.93. The molecule has 2 N–H and O–H groups in total. The minimum absolute atomic E-state index is 0.179. The van der Waals surface area contributed by atoms with Gasteiger partial charge in [0.2, 0.25) is 11.7 Å². The van der Waals surface area contributed by atoms with Crippen molar-refractivity contribution in [2.24, 2.45) is 0 Å². The summed E-state index contributed by atoms with van der Waals surface area (Å²) in [5.41, 5.74) is 0. The molecule has 3 heterocycles. The Morgan fingerprint density at radius 2 is 2.38 bits per heavy atom. The zero-order chi connectivity index (χ0) is 10.8. The van der Waals surface area contributed by atoms with E-state index in [-0.39, 0.29) is 6.04 Å². The summed E-state index contributed by atoms with van der Waals surface area (Å²) in [6.07, 6.45) is 4.86. The molecule has 1 aliphatic heterocycles. The Morgan fingerprint density at radius 1 is 1.38 bits per heavy atom. The molecule has 1 fully saturated rings. The van der Waals surface area contributed by atoms with Crippen LogP contribution >= 0.6 is 0 Å². The predicted octanol–water partition coefficient (Wildman–Crippen LogP) is 0.669. The first-order valence-electron chi connectivity index (χ1n) is 5.36. The van der Waals surface area contributed by atoms with Crippen LogP contribution in [0.15, 0.2) is 10.9 Å². The molecule has 0 aromatic carbocycles. The summed E-state index contributed by atoms with van der Waals surface area (Å²) >= 11 is 0. The third-order valence-electron chi connectivity index (χ3n) is 2.68. The second-order valence-corrected chi connectivity index (χ2v) is 3.79. The fraction of sp³-hybridized carbons (Fsp3) is 0.556. The summed E-state index contributed by atoms with van der Waals surface area (Å²) in [4.78, 5) is 8.28. The Labute approximate surface area is 91.7 Å². The first-order valence-corrected chi connectivity index (χ1v) is 5.36. The summed E-state index contributed by atoms with van der Waals surface area (Å²) in [5, 5.41) is 13.7. The van der Waals surface area contributed by atoms with Gasteiger partial charge in [0.25, 0.3) is 0 Å². The molecule has 0 bridgehead atoms. The highest BCUT2D eigenvalue weighted by molar-refractivity contribution is 5.39. The molecule has 0 spiro atoms. The minimum atomic E-state index is 0.179. The highest BCUT2D eigenvalue weighted by Crippen LogP contribution is 2.22. The van der Waals surface area contributed by atoms with Crippen molar-refractivity contribution >= 4 is 0 Å².